The summed E-state index contributed by atoms with van der Waals surface area (Å²) in [5, 5.41) is 1.09. The van der Waals surface area contributed by atoms with E-state index in [0.717, 1.165) is 47.9 Å². The minimum Gasteiger partial charge on any atom is -0.337 e. The third kappa shape index (κ3) is 3.10. The quantitative estimate of drug-likeness (QED) is 0.927. The molecule has 1 amide bonds. The highest BCUT2D eigenvalue weighted by molar-refractivity contribution is 7.13. The van der Waals surface area contributed by atoms with Crippen molar-refractivity contribution in [2.45, 2.75) is 45.6 Å². The zero-order valence-electron chi connectivity index (χ0n) is 12.7. The molecule has 118 valence electrons. The number of amides is 1. The third-order valence-electron chi connectivity index (χ3n) is 4.70. The lowest BCUT2D eigenvalue weighted by Crippen LogP contribution is -2.33. The molecule has 0 spiro atoms. The Bertz CT molecular complexity index is 519. The molecular formula is C15H24ClN3OS. The molecule has 2 N–H and O–H groups in total. The van der Waals surface area contributed by atoms with Crippen molar-refractivity contribution in [3.8, 4) is 0 Å². The number of aromatic nitrogens is 1. The molecule has 3 unspecified atom stereocenters. The van der Waals surface area contributed by atoms with Crippen molar-refractivity contribution in [2.75, 3.05) is 13.1 Å². The fraction of sp³-hybridized carbons (Fsp3) is 0.733. The number of hydrogen-bond acceptors (Lipinski definition) is 4. The Balaban J connectivity index is 0.00000161. The van der Waals surface area contributed by atoms with Crippen LogP contribution in [0.1, 0.15) is 46.6 Å². The zero-order valence-corrected chi connectivity index (χ0v) is 14.3. The van der Waals surface area contributed by atoms with Gasteiger partial charge in [0.25, 0.3) is 5.91 Å². The van der Waals surface area contributed by atoms with Gasteiger partial charge in [-0.2, -0.15) is 0 Å². The molecule has 1 aliphatic carbocycles. The number of fused-ring (bicyclic) bond motifs is 1. The van der Waals surface area contributed by atoms with E-state index in [1.807, 2.05) is 11.8 Å². The van der Waals surface area contributed by atoms with Gasteiger partial charge >= 0.3 is 0 Å². The maximum absolute atomic E-state index is 12.7. The summed E-state index contributed by atoms with van der Waals surface area (Å²) in [6, 6.07) is 0.288. The molecule has 0 aromatic carbocycles. The van der Waals surface area contributed by atoms with E-state index in [0.29, 0.717) is 11.8 Å². The highest BCUT2D eigenvalue weighted by atomic mass is 35.5. The van der Waals surface area contributed by atoms with Gasteiger partial charge in [-0.1, -0.05) is 6.92 Å². The van der Waals surface area contributed by atoms with Crippen molar-refractivity contribution in [1.29, 1.82) is 0 Å². The summed E-state index contributed by atoms with van der Waals surface area (Å²) in [6.07, 6.45) is 4.34. The van der Waals surface area contributed by atoms with Crippen LogP contribution in [-0.2, 0) is 6.42 Å². The topological polar surface area (TPSA) is 59.2 Å². The van der Waals surface area contributed by atoms with E-state index in [4.69, 9.17) is 5.73 Å². The molecule has 0 bridgehead atoms. The molecule has 1 aliphatic heterocycles. The van der Waals surface area contributed by atoms with Crippen molar-refractivity contribution < 1.29 is 4.79 Å². The zero-order chi connectivity index (χ0) is 14.3. The molecule has 1 aromatic rings. The highest BCUT2D eigenvalue weighted by Crippen LogP contribution is 2.38. The second-order valence-corrected chi connectivity index (χ2v) is 7.23. The summed E-state index contributed by atoms with van der Waals surface area (Å²) >= 11 is 1.57. The van der Waals surface area contributed by atoms with Crippen molar-refractivity contribution in [1.82, 2.24) is 9.88 Å². The summed E-state index contributed by atoms with van der Waals surface area (Å²) in [5.74, 6) is 1.31. The molecule has 0 radical (unpaired) electrons. The lowest BCUT2D eigenvalue weighted by atomic mass is 9.98. The Morgan fingerprint density at radius 1 is 1.43 bits per heavy atom. The number of carbonyl (C=O) groups is 1. The van der Waals surface area contributed by atoms with Crippen LogP contribution in [0.5, 0.6) is 0 Å². The molecule has 3 rings (SSSR count). The van der Waals surface area contributed by atoms with Gasteiger partial charge in [-0.05, 0) is 44.4 Å². The lowest BCUT2D eigenvalue weighted by Gasteiger charge is -2.18. The third-order valence-corrected chi connectivity index (χ3v) is 5.90. The van der Waals surface area contributed by atoms with Gasteiger partial charge < -0.3 is 10.6 Å². The fourth-order valence-electron chi connectivity index (χ4n) is 3.59. The van der Waals surface area contributed by atoms with Gasteiger partial charge in [-0.3, -0.25) is 4.79 Å². The molecule has 1 saturated heterocycles. The predicted molar refractivity (Wildman–Crippen MR) is 88.2 cm³/mol. The van der Waals surface area contributed by atoms with Crippen LogP contribution >= 0.6 is 23.7 Å². The number of likely N-dealkylation sites (tertiary alicyclic amines) is 1. The van der Waals surface area contributed by atoms with Crippen LogP contribution in [0, 0.1) is 18.8 Å². The van der Waals surface area contributed by atoms with E-state index in [1.54, 1.807) is 11.3 Å². The number of carbonyl (C=O) groups excluding carboxylic acids is 1. The summed E-state index contributed by atoms with van der Waals surface area (Å²) in [4.78, 5) is 20.0. The number of aryl methyl sites for hydroxylation is 2. The Hall–Kier alpha value is -0.650. The molecule has 2 aliphatic rings. The van der Waals surface area contributed by atoms with Crippen LogP contribution in [0.25, 0.3) is 0 Å². The fourth-order valence-corrected chi connectivity index (χ4v) is 4.72. The molecule has 1 aromatic heterocycles. The molecule has 1 saturated carbocycles. The Morgan fingerprint density at radius 3 is 2.86 bits per heavy atom. The largest absolute Gasteiger partial charge is 0.337 e. The van der Waals surface area contributed by atoms with E-state index < -0.39 is 0 Å². The number of nitrogens with two attached hydrogens (primary N) is 1. The molecule has 21 heavy (non-hydrogen) atoms. The standard InChI is InChI=1S/C15H23N3OS.ClH/c1-3-4-13-17-9(2)14(20-13)15(19)18-7-10-5-6-12(16)11(10)8-18;/h10-12H,3-8,16H2,1-2H3;1H. The van der Waals surface area contributed by atoms with Crippen LogP contribution in [0.2, 0.25) is 0 Å². The summed E-state index contributed by atoms with van der Waals surface area (Å²) in [6.45, 7) is 5.82. The first-order valence-electron chi connectivity index (χ1n) is 7.61. The van der Waals surface area contributed by atoms with Crippen molar-refractivity contribution in [3.05, 3.63) is 15.6 Å². The van der Waals surface area contributed by atoms with Crippen LogP contribution in [0.3, 0.4) is 0 Å². The Morgan fingerprint density at radius 2 is 2.19 bits per heavy atom. The van der Waals surface area contributed by atoms with E-state index in [9.17, 15) is 4.79 Å². The Labute approximate surface area is 136 Å². The maximum atomic E-state index is 12.7. The minimum absolute atomic E-state index is 0. The van der Waals surface area contributed by atoms with Gasteiger partial charge in [-0.25, -0.2) is 4.98 Å². The van der Waals surface area contributed by atoms with Gasteiger partial charge in [0.05, 0.1) is 10.7 Å². The van der Waals surface area contributed by atoms with Crippen molar-refractivity contribution in [2.24, 2.45) is 17.6 Å². The van der Waals surface area contributed by atoms with E-state index in [-0.39, 0.29) is 24.4 Å². The molecule has 2 fully saturated rings. The second-order valence-electron chi connectivity index (χ2n) is 6.15. The van der Waals surface area contributed by atoms with Gasteiger partial charge in [0.15, 0.2) is 0 Å². The number of rotatable bonds is 3. The van der Waals surface area contributed by atoms with Gasteiger partial charge in [-0.15, -0.1) is 23.7 Å². The summed E-state index contributed by atoms with van der Waals surface area (Å²) < 4.78 is 0. The normalized spacial score (nSPS) is 27.6. The highest BCUT2D eigenvalue weighted by Gasteiger charge is 2.43. The number of hydrogen-bond donors (Lipinski definition) is 1. The minimum atomic E-state index is 0. The van der Waals surface area contributed by atoms with Crippen LogP contribution in [0.4, 0.5) is 0 Å². The van der Waals surface area contributed by atoms with Gasteiger partial charge in [0.2, 0.25) is 0 Å². The number of nitrogens with zero attached hydrogens (tertiary/aromatic N) is 2. The van der Waals surface area contributed by atoms with Crippen LogP contribution in [-0.4, -0.2) is 34.9 Å². The molecule has 4 nitrogen and oxygen atoms in total. The maximum Gasteiger partial charge on any atom is 0.265 e. The first-order valence-corrected chi connectivity index (χ1v) is 8.43. The first-order chi connectivity index (χ1) is 9.60. The molecule has 3 atom stereocenters. The monoisotopic (exact) mass is 329 g/mol. The summed E-state index contributed by atoms with van der Waals surface area (Å²) in [5.41, 5.74) is 7.04. The van der Waals surface area contributed by atoms with Crippen molar-refractivity contribution in [3.63, 3.8) is 0 Å². The smallest absolute Gasteiger partial charge is 0.265 e. The van der Waals surface area contributed by atoms with Crippen molar-refractivity contribution >= 4 is 29.7 Å². The number of halogens is 1. The average Bonchev–Trinajstić information content (AvgIpc) is 3.07. The number of thiazole rings is 1. The Kier molecular flexibility index (Phi) is 5.28. The predicted octanol–water partition coefficient (Wildman–Crippen LogP) is 2.64. The summed E-state index contributed by atoms with van der Waals surface area (Å²) in [7, 11) is 0. The molecule has 6 heteroatoms. The average molecular weight is 330 g/mol. The van der Waals surface area contributed by atoms with Gasteiger partial charge in [0.1, 0.15) is 4.88 Å². The van der Waals surface area contributed by atoms with Crippen LogP contribution < -0.4 is 5.73 Å². The second kappa shape index (κ2) is 6.63. The first kappa shape index (κ1) is 16.7. The van der Waals surface area contributed by atoms with E-state index in [2.05, 4.69) is 11.9 Å². The molecular weight excluding hydrogens is 306 g/mol. The van der Waals surface area contributed by atoms with Crippen LogP contribution in [0.15, 0.2) is 0 Å². The molecule has 2 heterocycles. The van der Waals surface area contributed by atoms with E-state index >= 15 is 0 Å². The SMILES string of the molecule is CCCc1nc(C)c(C(=O)N2CC3CCC(N)C3C2)s1.Cl. The van der Waals surface area contributed by atoms with E-state index in [1.165, 1.54) is 6.42 Å². The lowest BCUT2D eigenvalue weighted by molar-refractivity contribution is 0.0783. The van der Waals surface area contributed by atoms with Gasteiger partial charge in [0, 0.05) is 19.1 Å².